The maximum absolute atomic E-state index is 13.0. The Morgan fingerprint density at radius 1 is 1.35 bits per heavy atom. The highest BCUT2D eigenvalue weighted by atomic mass is 32.2. The van der Waals surface area contributed by atoms with Crippen LogP contribution >= 0.6 is 11.8 Å². The molecule has 1 amide bonds. The lowest BCUT2D eigenvalue weighted by molar-refractivity contribution is -0.119. The van der Waals surface area contributed by atoms with Gasteiger partial charge in [0.15, 0.2) is 5.16 Å². The standard InChI is InChI=1S/C20H23N3O2S/c1-13(2)16-11-19(25)23-15(12-26-20(23)21-16)10-18(24)22-9-5-7-14-6-3-4-8-17(14)22/h3-4,6,8,11,13,15H,5,7,9-10,12H2,1-2H3. The molecule has 2 aromatic rings. The van der Waals surface area contributed by atoms with Crippen LogP contribution in [0.2, 0.25) is 0 Å². The number of anilines is 1. The third kappa shape index (κ3) is 3.07. The van der Waals surface area contributed by atoms with Gasteiger partial charge in [-0.1, -0.05) is 43.8 Å². The lowest BCUT2D eigenvalue weighted by atomic mass is 10.0. The number of aryl methyl sites for hydroxylation is 1. The summed E-state index contributed by atoms with van der Waals surface area (Å²) < 4.78 is 1.71. The van der Waals surface area contributed by atoms with Crippen molar-refractivity contribution in [3.63, 3.8) is 0 Å². The van der Waals surface area contributed by atoms with E-state index < -0.39 is 0 Å². The predicted molar refractivity (Wildman–Crippen MR) is 104 cm³/mol. The number of para-hydroxylation sites is 1. The topological polar surface area (TPSA) is 55.2 Å². The van der Waals surface area contributed by atoms with E-state index in [2.05, 4.69) is 11.1 Å². The van der Waals surface area contributed by atoms with Crippen molar-refractivity contribution in [1.29, 1.82) is 0 Å². The van der Waals surface area contributed by atoms with Crippen molar-refractivity contribution < 1.29 is 4.79 Å². The normalized spacial score (nSPS) is 18.7. The van der Waals surface area contributed by atoms with E-state index >= 15 is 0 Å². The first kappa shape index (κ1) is 17.3. The van der Waals surface area contributed by atoms with Crippen LogP contribution < -0.4 is 10.5 Å². The third-order valence-electron chi connectivity index (χ3n) is 5.12. The molecule has 0 saturated heterocycles. The van der Waals surface area contributed by atoms with Crippen molar-refractivity contribution in [2.75, 3.05) is 17.2 Å². The summed E-state index contributed by atoms with van der Waals surface area (Å²) in [5, 5.41) is 0.748. The van der Waals surface area contributed by atoms with Crippen LogP contribution in [0.4, 0.5) is 5.69 Å². The van der Waals surface area contributed by atoms with Crippen molar-refractivity contribution in [1.82, 2.24) is 9.55 Å². The molecule has 0 fully saturated rings. The number of thioether (sulfide) groups is 1. The quantitative estimate of drug-likeness (QED) is 0.779. The number of carbonyl (C=O) groups excluding carboxylic acids is 1. The molecule has 136 valence electrons. The fraction of sp³-hybridized carbons (Fsp3) is 0.450. The fourth-order valence-corrected chi connectivity index (χ4v) is 4.88. The zero-order valence-electron chi connectivity index (χ0n) is 15.1. The molecule has 0 saturated carbocycles. The number of rotatable bonds is 3. The second-order valence-corrected chi connectivity index (χ2v) is 8.26. The second kappa shape index (κ2) is 6.91. The van der Waals surface area contributed by atoms with E-state index in [0.717, 1.165) is 41.7 Å². The van der Waals surface area contributed by atoms with Crippen molar-refractivity contribution in [3.8, 4) is 0 Å². The molecule has 0 N–H and O–H groups in total. The summed E-state index contributed by atoms with van der Waals surface area (Å²) in [6.45, 7) is 4.82. The third-order valence-corrected chi connectivity index (χ3v) is 6.22. The van der Waals surface area contributed by atoms with E-state index in [1.807, 2.05) is 36.9 Å². The fourth-order valence-electron chi connectivity index (χ4n) is 3.72. The molecule has 1 atom stereocenters. The first-order chi connectivity index (χ1) is 12.5. The van der Waals surface area contributed by atoms with Crippen molar-refractivity contribution in [2.45, 2.75) is 50.2 Å². The Balaban J connectivity index is 1.58. The van der Waals surface area contributed by atoms with E-state index in [1.54, 1.807) is 22.4 Å². The summed E-state index contributed by atoms with van der Waals surface area (Å²) in [7, 11) is 0. The van der Waals surface area contributed by atoms with Crippen LogP contribution in [0.15, 0.2) is 40.3 Å². The second-order valence-electron chi connectivity index (χ2n) is 7.27. The number of benzene rings is 1. The monoisotopic (exact) mass is 369 g/mol. The summed E-state index contributed by atoms with van der Waals surface area (Å²) >= 11 is 1.58. The first-order valence-electron chi connectivity index (χ1n) is 9.19. The Bertz CT molecular complexity index is 906. The van der Waals surface area contributed by atoms with Gasteiger partial charge in [0.25, 0.3) is 5.56 Å². The highest BCUT2D eigenvalue weighted by Gasteiger charge is 2.31. The maximum Gasteiger partial charge on any atom is 0.254 e. The smallest absolute Gasteiger partial charge is 0.254 e. The van der Waals surface area contributed by atoms with Crippen molar-refractivity contribution in [3.05, 3.63) is 51.9 Å². The van der Waals surface area contributed by atoms with Crippen LogP contribution in [0, 0.1) is 0 Å². The largest absolute Gasteiger partial charge is 0.312 e. The molecule has 4 rings (SSSR count). The Morgan fingerprint density at radius 2 is 2.15 bits per heavy atom. The number of hydrogen-bond acceptors (Lipinski definition) is 4. The average Bonchev–Trinajstić information content (AvgIpc) is 3.04. The van der Waals surface area contributed by atoms with E-state index in [0.29, 0.717) is 6.42 Å². The number of nitrogens with zero attached hydrogens (tertiary/aromatic N) is 3. The maximum atomic E-state index is 13.0. The van der Waals surface area contributed by atoms with Gasteiger partial charge in [-0.05, 0) is 30.4 Å². The summed E-state index contributed by atoms with van der Waals surface area (Å²) in [5.74, 6) is 1.04. The Hall–Kier alpha value is -2.08. The SMILES string of the molecule is CC(C)c1cc(=O)n2c(n1)SCC2CC(=O)N1CCCc2ccccc21. The van der Waals surface area contributed by atoms with E-state index in [9.17, 15) is 9.59 Å². The summed E-state index contributed by atoms with van der Waals surface area (Å²) in [6, 6.07) is 9.62. The molecule has 1 aromatic heterocycles. The van der Waals surface area contributed by atoms with Gasteiger partial charge in [-0.25, -0.2) is 4.98 Å². The van der Waals surface area contributed by atoms with Crippen LogP contribution in [-0.4, -0.2) is 27.8 Å². The first-order valence-corrected chi connectivity index (χ1v) is 10.2. The lowest BCUT2D eigenvalue weighted by Gasteiger charge is -2.30. The van der Waals surface area contributed by atoms with Gasteiger partial charge in [-0.3, -0.25) is 14.2 Å². The summed E-state index contributed by atoms with van der Waals surface area (Å²) in [4.78, 5) is 32.1. The van der Waals surface area contributed by atoms with Gasteiger partial charge in [0.05, 0.1) is 11.7 Å². The van der Waals surface area contributed by atoms with Crippen LogP contribution in [0.25, 0.3) is 0 Å². The summed E-state index contributed by atoms with van der Waals surface area (Å²) in [6.07, 6.45) is 2.35. The van der Waals surface area contributed by atoms with E-state index in [-0.39, 0.29) is 23.4 Å². The molecule has 0 spiro atoms. The van der Waals surface area contributed by atoms with Gasteiger partial charge >= 0.3 is 0 Å². The Labute approximate surface area is 157 Å². The zero-order chi connectivity index (χ0) is 18.3. The summed E-state index contributed by atoms with van der Waals surface area (Å²) in [5.41, 5.74) is 3.04. The molecule has 6 heteroatoms. The zero-order valence-corrected chi connectivity index (χ0v) is 16.0. The molecule has 0 radical (unpaired) electrons. The van der Waals surface area contributed by atoms with Crippen molar-refractivity contribution >= 4 is 23.4 Å². The Kier molecular flexibility index (Phi) is 4.61. The molecule has 5 nitrogen and oxygen atoms in total. The van der Waals surface area contributed by atoms with Crippen LogP contribution in [-0.2, 0) is 11.2 Å². The van der Waals surface area contributed by atoms with Gasteiger partial charge in [0, 0.05) is 30.5 Å². The minimum Gasteiger partial charge on any atom is -0.312 e. The van der Waals surface area contributed by atoms with Gasteiger partial charge in [0.2, 0.25) is 5.91 Å². The molecular weight excluding hydrogens is 346 g/mol. The molecule has 1 unspecified atom stereocenters. The van der Waals surface area contributed by atoms with Gasteiger partial charge in [-0.2, -0.15) is 0 Å². The van der Waals surface area contributed by atoms with Gasteiger partial charge in [0.1, 0.15) is 0 Å². The number of fused-ring (bicyclic) bond motifs is 2. The number of carbonyl (C=O) groups is 1. The minimum atomic E-state index is -0.113. The molecule has 2 aliphatic heterocycles. The molecule has 0 aliphatic carbocycles. The number of hydrogen-bond donors (Lipinski definition) is 0. The van der Waals surface area contributed by atoms with E-state index in [1.165, 1.54) is 5.56 Å². The average molecular weight is 369 g/mol. The van der Waals surface area contributed by atoms with Crippen molar-refractivity contribution in [2.24, 2.45) is 0 Å². The lowest BCUT2D eigenvalue weighted by Crippen LogP contribution is -2.37. The molecular formula is C20H23N3O2S. The predicted octanol–water partition coefficient (Wildman–Crippen LogP) is 3.38. The van der Waals surface area contributed by atoms with Crippen LogP contribution in [0.5, 0.6) is 0 Å². The molecule has 26 heavy (non-hydrogen) atoms. The number of amides is 1. The molecule has 3 heterocycles. The molecule has 1 aromatic carbocycles. The highest BCUT2D eigenvalue weighted by molar-refractivity contribution is 7.99. The minimum absolute atomic E-state index is 0.0412. The molecule has 2 aliphatic rings. The van der Waals surface area contributed by atoms with Gasteiger partial charge < -0.3 is 4.90 Å². The Morgan fingerprint density at radius 3 is 2.96 bits per heavy atom. The van der Waals surface area contributed by atoms with Crippen LogP contribution in [0.1, 0.15) is 49.9 Å². The van der Waals surface area contributed by atoms with E-state index in [4.69, 9.17) is 0 Å². The van der Waals surface area contributed by atoms with Crippen LogP contribution in [0.3, 0.4) is 0 Å². The van der Waals surface area contributed by atoms with Gasteiger partial charge in [-0.15, -0.1) is 0 Å². The number of aromatic nitrogens is 2. The molecule has 0 bridgehead atoms. The highest BCUT2D eigenvalue weighted by Crippen LogP contribution is 2.34.